The fourth-order valence-electron chi connectivity index (χ4n) is 0.787. The molecular formula is C12H22O. The zero-order valence-electron chi connectivity index (χ0n) is 9.09. The van der Waals surface area contributed by atoms with Gasteiger partial charge < -0.3 is 5.11 Å². The van der Waals surface area contributed by atoms with E-state index in [4.69, 9.17) is 0 Å². The van der Waals surface area contributed by atoms with Crippen molar-refractivity contribution in [3.8, 4) is 0 Å². The van der Waals surface area contributed by atoms with Crippen LogP contribution in [-0.2, 0) is 0 Å². The van der Waals surface area contributed by atoms with Crippen LogP contribution in [0.2, 0.25) is 0 Å². The lowest BCUT2D eigenvalue weighted by Gasteiger charge is -2.06. The zero-order valence-corrected chi connectivity index (χ0v) is 9.09. The second-order valence-corrected chi connectivity index (χ2v) is 2.45. The number of aliphatic hydroxyl groups is 1. The molecule has 1 nitrogen and oxygen atoms in total. The summed E-state index contributed by atoms with van der Waals surface area (Å²) in [6.07, 6.45) is 6.53. The standard InChI is InChI=1S/C10H16O.C2H6/c1-4-7-9(5-2)8-10(11)6-3;1-2/h4-5,7,10-11H,1-2,6,8H2,3H3;1-2H3/b9-7+;. The number of rotatable bonds is 5. The highest BCUT2D eigenvalue weighted by Crippen LogP contribution is 2.08. The van der Waals surface area contributed by atoms with Crippen molar-refractivity contribution in [3.05, 3.63) is 37.0 Å². The van der Waals surface area contributed by atoms with Gasteiger partial charge in [0.05, 0.1) is 6.10 Å². The first-order valence-corrected chi connectivity index (χ1v) is 4.86. The average Bonchev–Trinajstić information content (AvgIpc) is 2.20. The van der Waals surface area contributed by atoms with Crippen molar-refractivity contribution in [1.29, 1.82) is 0 Å². The van der Waals surface area contributed by atoms with Gasteiger partial charge in [-0.25, -0.2) is 0 Å². The molecule has 0 aromatic carbocycles. The normalized spacial score (nSPS) is 12.5. The maximum Gasteiger partial charge on any atom is 0.0577 e. The highest BCUT2D eigenvalue weighted by Gasteiger charge is 2.00. The summed E-state index contributed by atoms with van der Waals surface area (Å²) in [5.41, 5.74) is 1.04. The Kier molecular flexibility index (Phi) is 12.6. The summed E-state index contributed by atoms with van der Waals surface area (Å²) in [5.74, 6) is 0. The second kappa shape index (κ2) is 11.2. The van der Waals surface area contributed by atoms with E-state index in [1.165, 1.54) is 0 Å². The van der Waals surface area contributed by atoms with Crippen LogP contribution in [0.5, 0.6) is 0 Å². The quantitative estimate of drug-likeness (QED) is 0.645. The summed E-state index contributed by atoms with van der Waals surface area (Å²) in [6, 6.07) is 0. The lowest BCUT2D eigenvalue weighted by atomic mass is 10.1. The molecular weight excluding hydrogens is 160 g/mol. The summed E-state index contributed by atoms with van der Waals surface area (Å²) < 4.78 is 0. The van der Waals surface area contributed by atoms with E-state index >= 15 is 0 Å². The van der Waals surface area contributed by atoms with Crippen molar-refractivity contribution < 1.29 is 5.11 Å². The fraction of sp³-hybridized carbons (Fsp3) is 0.500. The van der Waals surface area contributed by atoms with Crippen LogP contribution in [0.1, 0.15) is 33.6 Å². The molecule has 1 heteroatoms. The van der Waals surface area contributed by atoms with Crippen molar-refractivity contribution in [2.75, 3.05) is 0 Å². The summed E-state index contributed by atoms with van der Waals surface area (Å²) in [4.78, 5) is 0. The van der Waals surface area contributed by atoms with Crippen LogP contribution in [0.25, 0.3) is 0 Å². The molecule has 0 aromatic rings. The minimum Gasteiger partial charge on any atom is -0.393 e. The molecule has 0 bridgehead atoms. The molecule has 0 amide bonds. The molecule has 1 N–H and O–H groups in total. The molecule has 13 heavy (non-hydrogen) atoms. The lowest BCUT2D eigenvalue weighted by Crippen LogP contribution is -2.04. The molecule has 0 heterocycles. The van der Waals surface area contributed by atoms with Gasteiger partial charge in [-0.3, -0.25) is 0 Å². The average molecular weight is 182 g/mol. The van der Waals surface area contributed by atoms with Crippen molar-refractivity contribution in [3.63, 3.8) is 0 Å². The smallest absolute Gasteiger partial charge is 0.0577 e. The van der Waals surface area contributed by atoms with E-state index in [1.54, 1.807) is 12.2 Å². The molecule has 0 rings (SSSR count). The number of hydrogen-bond acceptors (Lipinski definition) is 1. The topological polar surface area (TPSA) is 20.2 Å². The van der Waals surface area contributed by atoms with Crippen LogP contribution in [0.3, 0.4) is 0 Å². The van der Waals surface area contributed by atoms with Crippen LogP contribution in [0.4, 0.5) is 0 Å². The van der Waals surface area contributed by atoms with Gasteiger partial charge in [-0.05, 0) is 18.4 Å². The third-order valence-corrected chi connectivity index (χ3v) is 1.54. The zero-order chi connectivity index (χ0) is 10.7. The highest BCUT2D eigenvalue weighted by atomic mass is 16.3. The van der Waals surface area contributed by atoms with E-state index in [0.717, 1.165) is 12.0 Å². The first kappa shape index (κ1) is 14.7. The van der Waals surface area contributed by atoms with Gasteiger partial charge in [-0.1, -0.05) is 52.2 Å². The van der Waals surface area contributed by atoms with Crippen molar-refractivity contribution in [2.24, 2.45) is 0 Å². The van der Waals surface area contributed by atoms with Gasteiger partial charge in [0.2, 0.25) is 0 Å². The molecule has 0 radical (unpaired) electrons. The second-order valence-electron chi connectivity index (χ2n) is 2.45. The van der Waals surface area contributed by atoms with Crippen LogP contribution in [-0.4, -0.2) is 11.2 Å². The molecule has 0 fully saturated rings. The Morgan fingerprint density at radius 3 is 2.23 bits per heavy atom. The lowest BCUT2D eigenvalue weighted by molar-refractivity contribution is 0.171. The van der Waals surface area contributed by atoms with E-state index in [0.29, 0.717) is 6.42 Å². The van der Waals surface area contributed by atoms with Crippen molar-refractivity contribution >= 4 is 0 Å². The summed E-state index contributed by atoms with van der Waals surface area (Å²) in [6.45, 7) is 13.2. The van der Waals surface area contributed by atoms with E-state index < -0.39 is 0 Å². The maximum atomic E-state index is 9.26. The first-order valence-electron chi connectivity index (χ1n) is 4.86. The summed E-state index contributed by atoms with van der Waals surface area (Å²) >= 11 is 0. The minimum absolute atomic E-state index is 0.251. The molecule has 1 atom stereocenters. The third kappa shape index (κ3) is 9.09. The number of allylic oxidation sites excluding steroid dienone is 3. The van der Waals surface area contributed by atoms with Gasteiger partial charge in [-0.15, -0.1) is 0 Å². The molecule has 0 saturated heterocycles. The van der Waals surface area contributed by atoms with E-state index in [-0.39, 0.29) is 6.10 Å². The van der Waals surface area contributed by atoms with Gasteiger partial charge in [-0.2, -0.15) is 0 Å². The molecule has 0 aliphatic heterocycles. The van der Waals surface area contributed by atoms with E-state index in [1.807, 2.05) is 26.8 Å². The van der Waals surface area contributed by atoms with Crippen LogP contribution in [0.15, 0.2) is 37.0 Å². The van der Waals surface area contributed by atoms with E-state index in [9.17, 15) is 5.11 Å². The minimum atomic E-state index is -0.251. The Bertz CT molecular complexity index is 157. The summed E-state index contributed by atoms with van der Waals surface area (Å²) in [5, 5.41) is 9.26. The molecule has 1 unspecified atom stereocenters. The number of hydrogen-bond donors (Lipinski definition) is 1. The highest BCUT2D eigenvalue weighted by molar-refractivity contribution is 5.21. The Hall–Kier alpha value is -0.820. The van der Waals surface area contributed by atoms with Crippen LogP contribution in [0, 0.1) is 0 Å². The van der Waals surface area contributed by atoms with Gasteiger partial charge >= 0.3 is 0 Å². The molecule has 0 saturated carbocycles. The predicted molar refractivity (Wildman–Crippen MR) is 60.7 cm³/mol. The largest absolute Gasteiger partial charge is 0.393 e. The van der Waals surface area contributed by atoms with Crippen LogP contribution < -0.4 is 0 Å². The SMILES string of the molecule is C=C/C=C(\C=C)CC(O)CC.CC. The van der Waals surface area contributed by atoms with Gasteiger partial charge in [0.15, 0.2) is 0 Å². The predicted octanol–water partition coefficient (Wildman–Crippen LogP) is 3.47. The van der Waals surface area contributed by atoms with Crippen molar-refractivity contribution in [1.82, 2.24) is 0 Å². The maximum absolute atomic E-state index is 9.26. The van der Waals surface area contributed by atoms with Gasteiger partial charge in [0, 0.05) is 0 Å². The monoisotopic (exact) mass is 182 g/mol. The first-order chi connectivity index (χ1) is 6.24. The Morgan fingerprint density at radius 2 is 1.92 bits per heavy atom. The molecule has 0 aromatic heterocycles. The van der Waals surface area contributed by atoms with Gasteiger partial charge in [0.1, 0.15) is 0 Å². The molecule has 0 aliphatic carbocycles. The summed E-state index contributed by atoms with van der Waals surface area (Å²) in [7, 11) is 0. The Morgan fingerprint density at radius 1 is 1.38 bits per heavy atom. The molecule has 0 aliphatic rings. The fourth-order valence-corrected chi connectivity index (χ4v) is 0.787. The number of aliphatic hydroxyl groups excluding tert-OH is 1. The van der Waals surface area contributed by atoms with Crippen molar-refractivity contribution in [2.45, 2.75) is 39.7 Å². The third-order valence-electron chi connectivity index (χ3n) is 1.54. The Balaban J connectivity index is 0. The van der Waals surface area contributed by atoms with Crippen LogP contribution >= 0.6 is 0 Å². The molecule has 76 valence electrons. The molecule has 0 spiro atoms. The Labute approximate surface area is 82.5 Å². The van der Waals surface area contributed by atoms with E-state index in [2.05, 4.69) is 13.2 Å². The van der Waals surface area contributed by atoms with Gasteiger partial charge in [0.25, 0.3) is 0 Å².